The number of likely N-dealkylation sites (tertiary alicyclic amines) is 1. The third-order valence-electron chi connectivity index (χ3n) is 5.10. The van der Waals surface area contributed by atoms with Gasteiger partial charge in [0, 0.05) is 19.0 Å². The van der Waals surface area contributed by atoms with Gasteiger partial charge < -0.3 is 25.4 Å². The molecule has 184 valence electrons. The van der Waals surface area contributed by atoms with E-state index in [0.29, 0.717) is 44.5 Å². The number of aliphatic carboxylic acids is 1. The number of nitrogens with zero attached hydrogens (tertiary/aromatic N) is 1. The van der Waals surface area contributed by atoms with Crippen molar-refractivity contribution >= 4 is 35.6 Å². The van der Waals surface area contributed by atoms with Crippen molar-refractivity contribution < 1.29 is 29.0 Å². The van der Waals surface area contributed by atoms with E-state index < -0.39 is 29.7 Å². The summed E-state index contributed by atoms with van der Waals surface area (Å²) in [6.07, 6.45) is 3.01. The summed E-state index contributed by atoms with van der Waals surface area (Å²) in [7, 11) is 0. The minimum absolute atomic E-state index is 0.188. The average Bonchev–Trinajstić information content (AvgIpc) is 2.68. The van der Waals surface area contributed by atoms with Crippen LogP contribution in [0.4, 0.5) is 4.79 Å². The van der Waals surface area contributed by atoms with Crippen LogP contribution >= 0.6 is 11.8 Å². The van der Waals surface area contributed by atoms with Crippen molar-refractivity contribution in [2.24, 2.45) is 11.8 Å². The number of rotatable bonds is 10. The molecule has 1 aliphatic heterocycles. The quantitative estimate of drug-likeness (QED) is 0.445. The van der Waals surface area contributed by atoms with Crippen LogP contribution in [0.2, 0.25) is 0 Å². The number of amides is 3. The van der Waals surface area contributed by atoms with Crippen LogP contribution in [0.25, 0.3) is 0 Å². The molecule has 32 heavy (non-hydrogen) atoms. The molecule has 2 atom stereocenters. The van der Waals surface area contributed by atoms with Gasteiger partial charge in [0.1, 0.15) is 17.7 Å². The third-order valence-corrected chi connectivity index (χ3v) is 5.74. The molecule has 0 aromatic heterocycles. The molecule has 1 rings (SSSR count). The largest absolute Gasteiger partial charge is 0.480 e. The lowest BCUT2D eigenvalue weighted by Gasteiger charge is -2.34. The molecule has 10 heteroatoms. The Balaban J connectivity index is 2.67. The van der Waals surface area contributed by atoms with Gasteiger partial charge in [-0.2, -0.15) is 11.8 Å². The normalized spacial score (nSPS) is 16.9. The predicted molar refractivity (Wildman–Crippen MR) is 124 cm³/mol. The summed E-state index contributed by atoms with van der Waals surface area (Å²) in [5.41, 5.74) is -0.662. The first-order valence-electron chi connectivity index (χ1n) is 11.1. The standard InChI is InChI=1S/C22H39N3O6S/c1-14(2)13-17(24-21(30)31-22(3,4)5)19(27)25-10-7-15(8-11-25)18(26)23-16(20(28)29)9-12-32-6/h14-17H,7-13H2,1-6H3,(H,23,26)(H,24,30)(H,28,29). The van der Waals surface area contributed by atoms with E-state index in [4.69, 9.17) is 4.74 Å². The van der Waals surface area contributed by atoms with Crippen LogP contribution in [0.15, 0.2) is 0 Å². The highest BCUT2D eigenvalue weighted by Gasteiger charge is 2.33. The lowest BCUT2D eigenvalue weighted by Crippen LogP contribution is -2.53. The number of carboxylic acid groups (broad SMARTS) is 1. The van der Waals surface area contributed by atoms with Gasteiger partial charge in [-0.15, -0.1) is 0 Å². The molecule has 0 spiro atoms. The predicted octanol–water partition coefficient (Wildman–Crippen LogP) is 2.49. The second-order valence-corrected chi connectivity index (χ2v) is 10.6. The zero-order valence-corrected chi connectivity index (χ0v) is 20.9. The van der Waals surface area contributed by atoms with Crippen LogP contribution in [-0.2, 0) is 19.1 Å². The molecule has 1 heterocycles. The molecular formula is C22H39N3O6S. The first kappa shape index (κ1) is 28.1. The van der Waals surface area contributed by atoms with E-state index in [9.17, 15) is 24.3 Å². The highest BCUT2D eigenvalue weighted by molar-refractivity contribution is 7.98. The molecule has 9 nitrogen and oxygen atoms in total. The SMILES string of the molecule is CSCCC(NC(=O)C1CCN(C(=O)C(CC(C)C)NC(=O)OC(C)(C)C)CC1)C(=O)O. The fraction of sp³-hybridized carbons (Fsp3) is 0.818. The maximum absolute atomic E-state index is 13.1. The van der Waals surface area contributed by atoms with E-state index in [1.54, 1.807) is 25.7 Å². The number of hydrogen-bond acceptors (Lipinski definition) is 6. The lowest BCUT2D eigenvalue weighted by atomic mass is 9.94. The minimum Gasteiger partial charge on any atom is -0.480 e. The summed E-state index contributed by atoms with van der Waals surface area (Å²) in [6.45, 7) is 9.99. The number of nitrogens with one attached hydrogen (secondary N) is 2. The summed E-state index contributed by atoms with van der Waals surface area (Å²) < 4.78 is 5.30. The summed E-state index contributed by atoms with van der Waals surface area (Å²) in [4.78, 5) is 50.9. The van der Waals surface area contributed by atoms with E-state index in [1.807, 2.05) is 20.1 Å². The molecule has 2 unspecified atom stereocenters. The van der Waals surface area contributed by atoms with Gasteiger partial charge in [0.15, 0.2) is 0 Å². The second-order valence-electron chi connectivity index (χ2n) is 9.61. The molecule has 0 aromatic rings. The Bertz CT molecular complexity index is 657. The summed E-state index contributed by atoms with van der Waals surface area (Å²) in [6, 6.07) is -1.60. The molecule has 1 saturated heterocycles. The smallest absolute Gasteiger partial charge is 0.408 e. The Morgan fingerprint density at radius 3 is 2.16 bits per heavy atom. The number of carbonyl (C=O) groups excluding carboxylic acids is 3. The Kier molecular flexibility index (Phi) is 11.3. The third kappa shape index (κ3) is 10.1. The maximum atomic E-state index is 13.1. The topological polar surface area (TPSA) is 125 Å². The Labute approximate surface area is 195 Å². The highest BCUT2D eigenvalue weighted by atomic mass is 32.2. The number of thioether (sulfide) groups is 1. The zero-order valence-electron chi connectivity index (χ0n) is 20.1. The number of carbonyl (C=O) groups is 4. The van der Waals surface area contributed by atoms with Crippen LogP contribution < -0.4 is 10.6 Å². The molecule has 3 amide bonds. The zero-order chi connectivity index (χ0) is 24.5. The summed E-state index contributed by atoms with van der Waals surface area (Å²) in [5, 5.41) is 14.6. The Hall–Kier alpha value is -1.97. The first-order valence-corrected chi connectivity index (χ1v) is 12.5. The van der Waals surface area contributed by atoms with E-state index in [0.717, 1.165) is 0 Å². The van der Waals surface area contributed by atoms with Crippen LogP contribution in [0.3, 0.4) is 0 Å². The molecular weight excluding hydrogens is 434 g/mol. The minimum atomic E-state index is -1.04. The number of hydrogen-bond donors (Lipinski definition) is 3. The van der Waals surface area contributed by atoms with Gasteiger partial charge in [-0.1, -0.05) is 13.8 Å². The fourth-order valence-corrected chi connectivity index (χ4v) is 3.98. The molecule has 0 radical (unpaired) electrons. The Morgan fingerprint density at radius 1 is 1.09 bits per heavy atom. The van der Waals surface area contributed by atoms with Crippen LogP contribution in [0.5, 0.6) is 0 Å². The second kappa shape index (κ2) is 12.9. The van der Waals surface area contributed by atoms with Crippen molar-refractivity contribution in [2.45, 2.75) is 78.0 Å². The van der Waals surface area contributed by atoms with Crippen molar-refractivity contribution in [1.82, 2.24) is 15.5 Å². The highest BCUT2D eigenvalue weighted by Crippen LogP contribution is 2.20. The van der Waals surface area contributed by atoms with Gasteiger partial charge in [-0.3, -0.25) is 9.59 Å². The van der Waals surface area contributed by atoms with Crippen molar-refractivity contribution in [2.75, 3.05) is 25.1 Å². The lowest BCUT2D eigenvalue weighted by molar-refractivity contribution is -0.143. The van der Waals surface area contributed by atoms with E-state index >= 15 is 0 Å². The van der Waals surface area contributed by atoms with Crippen LogP contribution in [0.1, 0.15) is 60.3 Å². The average molecular weight is 474 g/mol. The monoisotopic (exact) mass is 473 g/mol. The number of ether oxygens (including phenoxy) is 1. The van der Waals surface area contributed by atoms with Gasteiger partial charge in [-0.05, 0) is 64.4 Å². The van der Waals surface area contributed by atoms with Gasteiger partial charge >= 0.3 is 12.1 Å². The van der Waals surface area contributed by atoms with Gasteiger partial charge in [0.05, 0.1) is 0 Å². The van der Waals surface area contributed by atoms with Gasteiger partial charge in [0.25, 0.3) is 0 Å². The van der Waals surface area contributed by atoms with Crippen molar-refractivity contribution in [3.8, 4) is 0 Å². The summed E-state index contributed by atoms with van der Waals surface area (Å²) in [5.74, 6) is -1.01. The van der Waals surface area contributed by atoms with Crippen LogP contribution in [0, 0.1) is 11.8 Å². The van der Waals surface area contributed by atoms with E-state index in [1.165, 1.54) is 11.8 Å². The number of carboxylic acids is 1. The fourth-order valence-electron chi connectivity index (χ4n) is 3.51. The summed E-state index contributed by atoms with van der Waals surface area (Å²) >= 11 is 1.53. The molecule has 0 aliphatic carbocycles. The maximum Gasteiger partial charge on any atom is 0.408 e. The molecule has 0 aromatic carbocycles. The molecule has 0 bridgehead atoms. The molecule has 1 fully saturated rings. The molecule has 1 aliphatic rings. The van der Waals surface area contributed by atoms with Crippen LogP contribution in [-0.4, -0.2) is 76.7 Å². The molecule has 3 N–H and O–H groups in total. The van der Waals surface area contributed by atoms with Crippen molar-refractivity contribution in [1.29, 1.82) is 0 Å². The van der Waals surface area contributed by atoms with E-state index in [2.05, 4.69) is 10.6 Å². The number of piperidine rings is 1. The van der Waals surface area contributed by atoms with Crippen molar-refractivity contribution in [3.05, 3.63) is 0 Å². The van der Waals surface area contributed by atoms with Crippen molar-refractivity contribution in [3.63, 3.8) is 0 Å². The number of alkyl carbamates (subject to hydrolysis) is 1. The first-order chi connectivity index (χ1) is 14.8. The van der Waals surface area contributed by atoms with Gasteiger partial charge in [0.2, 0.25) is 11.8 Å². The van der Waals surface area contributed by atoms with Gasteiger partial charge in [-0.25, -0.2) is 9.59 Å². The van der Waals surface area contributed by atoms with E-state index in [-0.39, 0.29) is 23.7 Å². The molecule has 0 saturated carbocycles. The Morgan fingerprint density at radius 2 is 1.69 bits per heavy atom.